The number of aliphatic hydroxyl groups is 1. The molecule has 5 heteroatoms. The molecule has 0 heterocycles. The number of hydrogen-bond donors (Lipinski definition) is 1. The van der Waals surface area contributed by atoms with Gasteiger partial charge in [0, 0.05) is 12.2 Å². The first kappa shape index (κ1) is 14.0. The van der Waals surface area contributed by atoms with Crippen molar-refractivity contribution in [2.24, 2.45) is 5.41 Å². The van der Waals surface area contributed by atoms with Gasteiger partial charge in [0.05, 0.1) is 17.9 Å². The fourth-order valence-electron chi connectivity index (χ4n) is 2.82. The van der Waals surface area contributed by atoms with E-state index in [4.69, 9.17) is 0 Å². The van der Waals surface area contributed by atoms with Crippen LogP contribution in [0.25, 0.3) is 0 Å². The van der Waals surface area contributed by atoms with Crippen LogP contribution < -0.4 is 0 Å². The standard InChI is InChI=1S/C14H17NO3S/c1-3-10-4-6-11(7-5-10)12-13(19(2,17)18)14(12,8-15)9-16/h4-7,12-13,16H,3,9H2,1-2H3. The third kappa shape index (κ3) is 2.15. The summed E-state index contributed by atoms with van der Waals surface area (Å²) in [5.74, 6) is -0.427. The van der Waals surface area contributed by atoms with E-state index in [1.165, 1.54) is 0 Å². The third-order valence-electron chi connectivity index (χ3n) is 3.93. The summed E-state index contributed by atoms with van der Waals surface area (Å²) in [5, 5.41) is 17.9. The Morgan fingerprint density at radius 1 is 1.37 bits per heavy atom. The highest BCUT2D eigenvalue weighted by molar-refractivity contribution is 7.91. The maximum atomic E-state index is 11.8. The normalized spacial score (nSPS) is 29.8. The van der Waals surface area contributed by atoms with E-state index in [9.17, 15) is 18.8 Å². The summed E-state index contributed by atoms with van der Waals surface area (Å²) >= 11 is 0. The van der Waals surface area contributed by atoms with Crippen molar-refractivity contribution in [3.63, 3.8) is 0 Å². The van der Waals surface area contributed by atoms with Crippen molar-refractivity contribution in [2.75, 3.05) is 12.9 Å². The highest BCUT2D eigenvalue weighted by Crippen LogP contribution is 2.62. The minimum absolute atomic E-state index is 0.427. The van der Waals surface area contributed by atoms with Crippen molar-refractivity contribution in [3.05, 3.63) is 35.4 Å². The molecular weight excluding hydrogens is 262 g/mol. The summed E-state index contributed by atoms with van der Waals surface area (Å²) in [5.41, 5.74) is 0.788. The molecule has 1 saturated carbocycles. The molecule has 0 amide bonds. The van der Waals surface area contributed by atoms with Crippen LogP contribution in [0.2, 0.25) is 0 Å². The van der Waals surface area contributed by atoms with Gasteiger partial charge in [-0.05, 0) is 17.5 Å². The molecule has 1 aromatic carbocycles. The van der Waals surface area contributed by atoms with Gasteiger partial charge in [-0.2, -0.15) is 5.26 Å². The van der Waals surface area contributed by atoms with Crippen LogP contribution in [-0.2, 0) is 16.3 Å². The van der Waals surface area contributed by atoms with Crippen LogP contribution in [0.15, 0.2) is 24.3 Å². The van der Waals surface area contributed by atoms with Crippen molar-refractivity contribution in [2.45, 2.75) is 24.5 Å². The number of benzene rings is 1. The second kappa shape index (κ2) is 4.62. The van der Waals surface area contributed by atoms with Crippen LogP contribution in [-0.4, -0.2) is 31.6 Å². The largest absolute Gasteiger partial charge is 0.395 e. The lowest BCUT2D eigenvalue weighted by Crippen LogP contribution is -2.16. The zero-order valence-electron chi connectivity index (χ0n) is 11.0. The zero-order chi connectivity index (χ0) is 14.3. The van der Waals surface area contributed by atoms with Gasteiger partial charge < -0.3 is 5.11 Å². The number of aryl methyl sites for hydroxylation is 1. The maximum Gasteiger partial charge on any atom is 0.152 e. The number of nitrogens with zero attached hydrogens (tertiary/aromatic N) is 1. The van der Waals surface area contributed by atoms with E-state index in [1.54, 1.807) is 0 Å². The van der Waals surface area contributed by atoms with E-state index in [0.29, 0.717) is 0 Å². The number of aliphatic hydroxyl groups excluding tert-OH is 1. The molecule has 0 aromatic heterocycles. The monoisotopic (exact) mass is 279 g/mol. The molecule has 0 saturated heterocycles. The third-order valence-corrected chi connectivity index (χ3v) is 5.55. The van der Waals surface area contributed by atoms with Gasteiger partial charge >= 0.3 is 0 Å². The Morgan fingerprint density at radius 2 is 1.95 bits per heavy atom. The maximum absolute atomic E-state index is 11.8. The van der Waals surface area contributed by atoms with Gasteiger partial charge in [0.25, 0.3) is 0 Å². The number of sulfone groups is 1. The second-order valence-electron chi connectivity index (χ2n) is 5.13. The van der Waals surface area contributed by atoms with Gasteiger partial charge in [0.2, 0.25) is 0 Å². The minimum atomic E-state index is -3.36. The van der Waals surface area contributed by atoms with Crippen molar-refractivity contribution >= 4 is 9.84 Å². The van der Waals surface area contributed by atoms with E-state index < -0.39 is 33.0 Å². The fourth-order valence-corrected chi connectivity index (χ4v) is 4.68. The molecule has 1 aromatic rings. The van der Waals surface area contributed by atoms with Crippen LogP contribution in [0.4, 0.5) is 0 Å². The molecule has 0 radical (unpaired) electrons. The van der Waals surface area contributed by atoms with Crippen molar-refractivity contribution in [3.8, 4) is 6.07 Å². The van der Waals surface area contributed by atoms with Crippen LogP contribution >= 0.6 is 0 Å². The summed E-state index contributed by atoms with van der Waals surface area (Å²) < 4.78 is 23.5. The molecule has 4 nitrogen and oxygen atoms in total. The Hall–Kier alpha value is -1.38. The van der Waals surface area contributed by atoms with Crippen LogP contribution in [0.1, 0.15) is 24.0 Å². The molecule has 102 valence electrons. The minimum Gasteiger partial charge on any atom is -0.395 e. The van der Waals surface area contributed by atoms with Crippen LogP contribution in [0.5, 0.6) is 0 Å². The first-order chi connectivity index (χ1) is 8.90. The van der Waals surface area contributed by atoms with Crippen molar-refractivity contribution < 1.29 is 13.5 Å². The van der Waals surface area contributed by atoms with Gasteiger partial charge in [-0.15, -0.1) is 0 Å². The Morgan fingerprint density at radius 3 is 2.26 bits per heavy atom. The fraction of sp³-hybridized carbons (Fsp3) is 0.500. The van der Waals surface area contributed by atoms with Gasteiger partial charge in [0.1, 0.15) is 5.41 Å². The number of nitriles is 1. The zero-order valence-corrected chi connectivity index (χ0v) is 11.8. The molecule has 3 atom stereocenters. The average molecular weight is 279 g/mol. The van der Waals surface area contributed by atoms with Gasteiger partial charge in [-0.3, -0.25) is 0 Å². The summed E-state index contributed by atoms with van der Waals surface area (Å²) in [6.45, 7) is 1.61. The highest BCUT2D eigenvalue weighted by Gasteiger charge is 2.70. The molecule has 2 rings (SSSR count). The van der Waals surface area contributed by atoms with Gasteiger partial charge in [-0.25, -0.2) is 8.42 Å². The Kier molecular flexibility index (Phi) is 3.41. The quantitative estimate of drug-likeness (QED) is 0.900. The Bertz CT molecular complexity index is 615. The van der Waals surface area contributed by atoms with Crippen molar-refractivity contribution in [1.29, 1.82) is 5.26 Å². The van der Waals surface area contributed by atoms with E-state index in [-0.39, 0.29) is 0 Å². The lowest BCUT2D eigenvalue weighted by Gasteiger charge is -2.04. The molecule has 0 spiro atoms. The SMILES string of the molecule is CCc1ccc(C2C(S(C)(=O)=O)C2(C#N)CO)cc1. The summed E-state index contributed by atoms with van der Waals surface area (Å²) in [4.78, 5) is 0. The number of rotatable bonds is 4. The molecule has 1 aliphatic carbocycles. The van der Waals surface area contributed by atoms with Crippen LogP contribution in [0, 0.1) is 16.7 Å². The molecular formula is C14H17NO3S. The second-order valence-corrected chi connectivity index (χ2v) is 7.30. The van der Waals surface area contributed by atoms with E-state index in [0.717, 1.165) is 23.8 Å². The van der Waals surface area contributed by atoms with Gasteiger partial charge in [-0.1, -0.05) is 31.2 Å². The van der Waals surface area contributed by atoms with Crippen molar-refractivity contribution in [1.82, 2.24) is 0 Å². The molecule has 1 fully saturated rings. The number of hydrogen-bond acceptors (Lipinski definition) is 4. The average Bonchev–Trinajstić information content (AvgIpc) is 3.09. The predicted octanol–water partition coefficient (Wildman–Crippen LogP) is 1.26. The van der Waals surface area contributed by atoms with Gasteiger partial charge in [0.15, 0.2) is 9.84 Å². The molecule has 0 aliphatic heterocycles. The molecule has 0 bridgehead atoms. The lowest BCUT2D eigenvalue weighted by molar-refractivity contribution is 0.242. The first-order valence-corrected chi connectivity index (χ1v) is 8.16. The smallest absolute Gasteiger partial charge is 0.152 e. The Balaban J connectivity index is 2.41. The molecule has 19 heavy (non-hydrogen) atoms. The lowest BCUT2D eigenvalue weighted by atomic mass is 10.00. The predicted molar refractivity (Wildman–Crippen MR) is 72.3 cm³/mol. The summed E-state index contributed by atoms with van der Waals surface area (Å²) in [7, 11) is -3.36. The molecule has 1 N–H and O–H groups in total. The van der Waals surface area contributed by atoms with E-state index in [1.807, 2.05) is 37.3 Å². The summed E-state index contributed by atoms with van der Waals surface area (Å²) in [6.07, 6.45) is 2.03. The first-order valence-electron chi connectivity index (χ1n) is 6.20. The van der Waals surface area contributed by atoms with E-state index >= 15 is 0 Å². The van der Waals surface area contributed by atoms with Crippen LogP contribution in [0.3, 0.4) is 0 Å². The molecule has 1 aliphatic rings. The van der Waals surface area contributed by atoms with E-state index in [2.05, 4.69) is 0 Å². The Labute approximate surface area is 113 Å². The topological polar surface area (TPSA) is 78.2 Å². The molecule has 3 unspecified atom stereocenters. The highest BCUT2D eigenvalue weighted by atomic mass is 32.2. The summed E-state index contributed by atoms with van der Waals surface area (Å²) in [6, 6.07) is 9.60.